The van der Waals surface area contributed by atoms with Crippen LogP contribution in [0.3, 0.4) is 0 Å². The highest BCUT2D eigenvalue weighted by Crippen LogP contribution is 2.33. The van der Waals surface area contributed by atoms with E-state index in [1.54, 1.807) is 0 Å². The van der Waals surface area contributed by atoms with Crippen molar-refractivity contribution in [3.05, 3.63) is 68.7 Å². The third kappa shape index (κ3) is 3.02. The summed E-state index contributed by atoms with van der Waals surface area (Å²) in [5.74, 6) is 0. The molecule has 0 aliphatic carbocycles. The zero-order valence-electron chi connectivity index (χ0n) is 11.1. The standard InChI is InChI=1S/C16H17BrClN/c1-3-11-4-6-12(7-5-11)16(2,19)14-9-8-13(17)10-15(14)18/h4-10H,3,19H2,1-2H3. The molecule has 1 nitrogen and oxygen atoms in total. The van der Waals surface area contributed by atoms with Gasteiger partial charge in [0.25, 0.3) is 0 Å². The molecule has 0 heterocycles. The Hall–Kier alpha value is -0.830. The van der Waals surface area contributed by atoms with Crippen LogP contribution in [0.4, 0.5) is 0 Å². The fourth-order valence-corrected chi connectivity index (χ4v) is 3.02. The second-order valence-corrected chi connectivity index (χ2v) is 6.20. The van der Waals surface area contributed by atoms with Gasteiger partial charge in [0.05, 0.1) is 5.54 Å². The lowest BCUT2D eigenvalue weighted by Gasteiger charge is -2.27. The normalized spacial score (nSPS) is 14.2. The van der Waals surface area contributed by atoms with Gasteiger partial charge in [-0.3, -0.25) is 0 Å². The van der Waals surface area contributed by atoms with Crippen molar-refractivity contribution in [2.75, 3.05) is 0 Å². The van der Waals surface area contributed by atoms with Crippen molar-refractivity contribution in [2.45, 2.75) is 25.8 Å². The van der Waals surface area contributed by atoms with Crippen molar-refractivity contribution in [2.24, 2.45) is 5.73 Å². The molecule has 1 atom stereocenters. The maximum Gasteiger partial charge on any atom is 0.0651 e. The Bertz CT molecular complexity index is 576. The van der Waals surface area contributed by atoms with Gasteiger partial charge in [0.1, 0.15) is 0 Å². The van der Waals surface area contributed by atoms with Crippen LogP contribution >= 0.6 is 27.5 Å². The molecule has 2 rings (SSSR count). The molecular weight excluding hydrogens is 322 g/mol. The summed E-state index contributed by atoms with van der Waals surface area (Å²) in [4.78, 5) is 0. The van der Waals surface area contributed by atoms with Gasteiger partial charge in [-0.05, 0) is 42.2 Å². The first-order valence-corrected chi connectivity index (χ1v) is 7.46. The first-order valence-electron chi connectivity index (χ1n) is 6.29. The third-order valence-electron chi connectivity index (χ3n) is 3.45. The molecular formula is C16H17BrClN. The Morgan fingerprint density at radius 3 is 2.32 bits per heavy atom. The topological polar surface area (TPSA) is 26.0 Å². The number of rotatable bonds is 3. The number of halogens is 2. The Morgan fingerprint density at radius 2 is 1.79 bits per heavy atom. The first kappa shape index (κ1) is 14.6. The van der Waals surface area contributed by atoms with Gasteiger partial charge in [-0.2, -0.15) is 0 Å². The summed E-state index contributed by atoms with van der Waals surface area (Å²) in [6, 6.07) is 14.2. The van der Waals surface area contributed by atoms with E-state index < -0.39 is 5.54 Å². The molecule has 0 fully saturated rings. The Morgan fingerprint density at radius 1 is 1.16 bits per heavy atom. The summed E-state index contributed by atoms with van der Waals surface area (Å²) >= 11 is 9.73. The van der Waals surface area contributed by atoms with Crippen LogP contribution in [0.2, 0.25) is 5.02 Å². The highest BCUT2D eigenvalue weighted by atomic mass is 79.9. The molecule has 0 aromatic heterocycles. The lowest BCUT2D eigenvalue weighted by Crippen LogP contribution is -2.34. The third-order valence-corrected chi connectivity index (χ3v) is 4.26. The van der Waals surface area contributed by atoms with E-state index in [0.29, 0.717) is 5.02 Å². The molecule has 0 spiro atoms. The van der Waals surface area contributed by atoms with Crippen molar-refractivity contribution in [1.82, 2.24) is 0 Å². The molecule has 100 valence electrons. The van der Waals surface area contributed by atoms with Gasteiger partial charge >= 0.3 is 0 Å². The van der Waals surface area contributed by atoms with E-state index in [0.717, 1.165) is 22.0 Å². The number of benzene rings is 2. The Labute approximate surface area is 127 Å². The minimum atomic E-state index is -0.593. The fourth-order valence-electron chi connectivity index (χ4n) is 2.15. The Balaban J connectivity index is 2.45. The smallest absolute Gasteiger partial charge is 0.0651 e. The average Bonchev–Trinajstić information content (AvgIpc) is 2.38. The fraction of sp³-hybridized carbons (Fsp3) is 0.250. The minimum absolute atomic E-state index is 0.593. The summed E-state index contributed by atoms with van der Waals surface area (Å²) in [5, 5.41) is 0.680. The predicted octanol–water partition coefficient (Wildman–Crippen LogP) is 4.89. The van der Waals surface area contributed by atoms with E-state index in [9.17, 15) is 0 Å². The van der Waals surface area contributed by atoms with Crippen LogP contribution in [-0.2, 0) is 12.0 Å². The van der Waals surface area contributed by atoms with Crippen LogP contribution in [0.5, 0.6) is 0 Å². The molecule has 2 aromatic rings. The van der Waals surface area contributed by atoms with Crippen molar-refractivity contribution in [3.8, 4) is 0 Å². The number of hydrogen-bond acceptors (Lipinski definition) is 1. The molecule has 3 heteroatoms. The highest BCUT2D eigenvalue weighted by molar-refractivity contribution is 9.10. The average molecular weight is 339 g/mol. The molecule has 0 amide bonds. The minimum Gasteiger partial charge on any atom is -0.318 e. The Kier molecular flexibility index (Phi) is 4.34. The highest BCUT2D eigenvalue weighted by Gasteiger charge is 2.26. The summed E-state index contributed by atoms with van der Waals surface area (Å²) in [7, 11) is 0. The molecule has 0 saturated carbocycles. The van der Waals surface area contributed by atoms with E-state index >= 15 is 0 Å². The van der Waals surface area contributed by atoms with Crippen molar-refractivity contribution >= 4 is 27.5 Å². The lowest BCUT2D eigenvalue weighted by atomic mass is 9.85. The summed E-state index contributed by atoms with van der Waals surface area (Å²) in [5.41, 5.74) is 9.21. The molecule has 0 aliphatic rings. The van der Waals surface area contributed by atoms with Gasteiger partial charge in [-0.1, -0.05) is 64.8 Å². The van der Waals surface area contributed by atoms with E-state index in [2.05, 4.69) is 47.1 Å². The number of nitrogens with two attached hydrogens (primary N) is 1. The van der Waals surface area contributed by atoms with Gasteiger partial charge in [0.2, 0.25) is 0 Å². The monoisotopic (exact) mass is 337 g/mol. The van der Waals surface area contributed by atoms with Gasteiger partial charge < -0.3 is 5.73 Å². The van der Waals surface area contributed by atoms with E-state index in [1.165, 1.54) is 5.56 Å². The van der Waals surface area contributed by atoms with E-state index in [-0.39, 0.29) is 0 Å². The summed E-state index contributed by atoms with van der Waals surface area (Å²) in [6.45, 7) is 4.13. The number of aryl methyl sites for hydroxylation is 1. The van der Waals surface area contributed by atoms with Crippen LogP contribution in [0.15, 0.2) is 46.9 Å². The number of hydrogen-bond donors (Lipinski definition) is 1. The second kappa shape index (κ2) is 5.66. The molecule has 1 unspecified atom stereocenters. The maximum atomic E-state index is 6.50. The SMILES string of the molecule is CCc1ccc(C(C)(N)c2ccc(Br)cc2Cl)cc1. The van der Waals surface area contributed by atoms with E-state index in [4.69, 9.17) is 17.3 Å². The van der Waals surface area contributed by atoms with Crippen LogP contribution in [0.1, 0.15) is 30.5 Å². The zero-order valence-corrected chi connectivity index (χ0v) is 13.4. The lowest BCUT2D eigenvalue weighted by molar-refractivity contribution is 0.603. The predicted molar refractivity (Wildman–Crippen MR) is 85.6 cm³/mol. The quantitative estimate of drug-likeness (QED) is 0.847. The van der Waals surface area contributed by atoms with Gasteiger partial charge in [0.15, 0.2) is 0 Å². The molecule has 2 aromatic carbocycles. The van der Waals surface area contributed by atoms with Crippen molar-refractivity contribution < 1.29 is 0 Å². The van der Waals surface area contributed by atoms with Gasteiger partial charge in [0, 0.05) is 9.50 Å². The van der Waals surface area contributed by atoms with Crippen molar-refractivity contribution in [1.29, 1.82) is 0 Å². The molecule has 0 radical (unpaired) electrons. The molecule has 0 aliphatic heterocycles. The molecule has 0 bridgehead atoms. The van der Waals surface area contributed by atoms with Crippen LogP contribution in [0, 0.1) is 0 Å². The zero-order chi connectivity index (χ0) is 14.0. The molecule has 19 heavy (non-hydrogen) atoms. The summed E-state index contributed by atoms with van der Waals surface area (Å²) in [6.07, 6.45) is 1.03. The maximum absolute atomic E-state index is 6.50. The van der Waals surface area contributed by atoms with E-state index in [1.807, 2.05) is 25.1 Å². The van der Waals surface area contributed by atoms with Crippen LogP contribution in [-0.4, -0.2) is 0 Å². The van der Waals surface area contributed by atoms with Gasteiger partial charge in [-0.25, -0.2) is 0 Å². The van der Waals surface area contributed by atoms with Gasteiger partial charge in [-0.15, -0.1) is 0 Å². The van der Waals surface area contributed by atoms with Crippen LogP contribution < -0.4 is 5.73 Å². The second-order valence-electron chi connectivity index (χ2n) is 4.88. The summed E-state index contributed by atoms with van der Waals surface area (Å²) < 4.78 is 0.957. The molecule has 0 saturated heterocycles. The molecule has 2 N–H and O–H groups in total. The van der Waals surface area contributed by atoms with Crippen LogP contribution in [0.25, 0.3) is 0 Å². The largest absolute Gasteiger partial charge is 0.318 e. The first-order chi connectivity index (χ1) is 8.95. The van der Waals surface area contributed by atoms with Crippen molar-refractivity contribution in [3.63, 3.8) is 0 Å².